The Hall–Kier alpha value is -1.47. The number of piperidine rings is 1. The molecule has 2 unspecified atom stereocenters. The van der Waals surface area contributed by atoms with Gasteiger partial charge in [0, 0.05) is 6.54 Å². The Labute approximate surface area is 148 Å². The average Bonchev–Trinajstić information content (AvgIpc) is 2.99. The van der Waals surface area contributed by atoms with Gasteiger partial charge < -0.3 is 5.32 Å². The predicted octanol–water partition coefficient (Wildman–Crippen LogP) is 2.52. The normalized spacial score (nSPS) is 24.1. The lowest BCUT2D eigenvalue weighted by Gasteiger charge is -2.34. The van der Waals surface area contributed by atoms with Gasteiger partial charge in [0.15, 0.2) is 0 Å². The lowest BCUT2D eigenvalue weighted by atomic mass is 10.0. The maximum absolute atomic E-state index is 13.9. The van der Waals surface area contributed by atoms with Crippen molar-refractivity contribution in [2.24, 2.45) is 0 Å². The molecule has 1 heterocycles. The number of hydrogen-bond acceptors (Lipinski definition) is 3. The summed E-state index contributed by atoms with van der Waals surface area (Å²) in [4.78, 5) is 12.8. The van der Waals surface area contributed by atoms with E-state index >= 15 is 0 Å². The second kappa shape index (κ2) is 7.41. The Kier molecular flexibility index (Phi) is 5.43. The van der Waals surface area contributed by atoms with Gasteiger partial charge in [0.25, 0.3) is 0 Å². The quantitative estimate of drug-likeness (QED) is 0.868. The predicted molar refractivity (Wildman–Crippen MR) is 94.0 cm³/mol. The van der Waals surface area contributed by atoms with E-state index in [1.165, 1.54) is 10.4 Å². The third kappa shape index (κ3) is 3.72. The first-order valence-corrected chi connectivity index (χ1v) is 10.6. The molecule has 0 saturated carbocycles. The monoisotopic (exact) mass is 368 g/mol. The molecule has 1 aromatic rings. The zero-order valence-electron chi connectivity index (χ0n) is 14.5. The Bertz CT molecular complexity index is 751. The minimum Gasteiger partial charge on any atom is -0.348 e. The van der Waals surface area contributed by atoms with Gasteiger partial charge in [-0.05, 0) is 49.3 Å². The molecular formula is C18H25FN2O3S. The van der Waals surface area contributed by atoms with E-state index in [4.69, 9.17) is 0 Å². The van der Waals surface area contributed by atoms with Crippen LogP contribution in [0.15, 0.2) is 18.2 Å². The molecule has 1 fully saturated rings. The number of nitrogens with one attached hydrogen (secondary N) is 1. The van der Waals surface area contributed by atoms with E-state index in [9.17, 15) is 17.6 Å². The summed E-state index contributed by atoms with van der Waals surface area (Å²) in [7, 11) is -3.42. The molecule has 3 rings (SSSR count). The maximum atomic E-state index is 13.9. The number of amides is 1. The van der Waals surface area contributed by atoms with E-state index in [1.807, 2.05) is 13.0 Å². The fourth-order valence-corrected chi connectivity index (χ4v) is 5.65. The van der Waals surface area contributed by atoms with Crippen LogP contribution in [-0.4, -0.2) is 37.0 Å². The van der Waals surface area contributed by atoms with Crippen molar-refractivity contribution >= 4 is 15.9 Å². The van der Waals surface area contributed by atoms with Crippen molar-refractivity contribution in [1.29, 1.82) is 0 Å². The van der Waals surface area contributed by atoms with E-state index in [0.29, 0.717) is 37.8 Å². The number of carbonyl (C=O) groups is 1. The number of hydrogen-bond donors (Lipinski definition) is 1. The van der Waals surface area contributed by atoms with Crippen molar-refractivity contribution in [1.82, 2.24) is 9.62 Å². The summed E-state index contributed by atoms with van der Waals surface area (Å²) in [5, 5.41) is 2.96. The SMILES string of the molecule is CCCS(=O)(=O)N1CCCCC1C(=O)NC1CCc2c(F)cccc21. The first-order chi connectivity index (χ1) is 11.9. The van der Waals surface area contributed by atoms with Crippen LogP contribution in [0.4, 0.5) is 4.39 Å². The maximum Gasteiger partial charge on any atom is 0.238 e. The van der Waals surface area contributed by atoms with Gasteiger partial charge in [-0.1, -0.05) is 25.5 Å². The summed E-state index contributed by atoms with van der Waals surface area (Å²) in [6.45, 7) is 2.22. The van der Waals surface area contributed by atoms with Crippen LogP contribution in [-0.2, 0) is 21.2 Å². The molecule has 1 aliphatic heterocycles. The molecule has 2 atom stereocenters. The van der Waals surface area contributed by atoms with Crippen molar-refractivity contribution in [3.8, 4) is 0 Å². The first kappa shape index (κ1) is 18.3. The summed E-state index contributed by atoms with van der Waals surface area (Å²) >= 11 is 0. The Morgan fingerprint density at radius 3 is 2.88 bits per heavy atom. The van der Waals surface area contributed by atoms with Crippen LogP contribution in [0.5, 0.6) is 0 Å². The molecular weight excluding hydrogens is 343 g/mol. The highest BCUT2D eigenvalue weighted by molar-refractivity contribution is 7.89. The van der Waals surface area contributed by atoms with Gasteiger partial charge in [-0.2, -0.15) is 4.31 Å². The van der Waals surface area contributed by atoms with Crippen molar-refractivity contribution < 1.29 is 17.6 Å². The first-order valence-electron chi connectivity index (χ1n) is 9.01. The zero-order valence-corrected chi connectivity index (χ0v) is 15.3. The topological polar surface area (TPSA) is 66.5 Å². The van der Waals surface area contributed by atoms with Crippen LogP contribution in [0, 0.1) is 5.82 Å². The van der Waals surface area contributed by atoms with Gasteiger partial charge >= 0.3 is 0 Å². The second-order valence-corrected chi connectivity index (χ2v) is 8.89. The summed E-state index contributed by atoms with van der Waals surface area (Å²) in [5.74, 6) is -0.436. The molecule has 7 heteroatoms. The van der Waals surface area contributed by atoms with Crippen molar-refractivity contribution in [2.75, 3.05) is 12.3 Å². The van der Waals surface area contributed by atoms with E-state index in [-0.39, 0.29) is 23.5 Å². The number of carbonyl (C=O) groups excluding carboxylic acids is 1. The highest BCUT2D eigenvalue weighted by Gasteiger charge is 2.37. The standard InChI is InChI=1S/C18H25FN2O3S/c1-2-12-25(23,24)21-11-4-3-8-17(21)18(22)20-16-10-9-13-14(16)6-5-7-15(13)19/h5-7,16-17H,2-4,8-12H2,1H3,(H,20,22). The van der Waals surface area contributed by atoms with Crippen LogP contribution >= 0.6 is 0 Å². The van der Waals surface area contributed by atoms with Crippen LogP contribution < -0.4 is 5.32 Å². The Morgan fingerprint density at radius 1 is 1.32 bits per heavy atom. The van der Waals surface area contributed by atoms with Gasteiger partial charge in [0.2, 0.25) is 15.9 Å². The van der Waals surface area contributed by atoms with Gasteiger partial charge in [-0.15, -0.1) is 0 Å². The highest BCUT2D eigenvalue weighted by atomic mass is 32.2. The van der Waals surface area contributed by atoms with Crippen molar-refractivity contribution in [3.05, 3.63) is 35.1 Å². The molecule has 0 bridgehead atoms. The molecule has 138 valence electrons. The molecule has 1 amide bonds. The minimum atomic E-state index is -3.42. The van der Waals surface area contributed by atoms with E-state index < -0.39 is 16.1 Å². The van der Waals surface area contributed by atoms with Crippen molar-refractivity contribution in [3.63, 3.8) is 0 Å². The highest BCUT2D eigenvalue weighted by Crippen LogP contribution is 2.33. The fourth-order valence-electron chi connectivity index (χ4n) is 3.90. The third-order valence-corrected chi connectivity index (χ3v) is 7.18. The molecule has 25 heavy (non-hydrogen) atoms. The third-order valence-electron chi connectivity index (χ3n) is 5.11. The number of benzene rings is 1. The summed E-state index contributed by atoms with van der Waals surface area (Å²) in [5.41, 5.74) is 1.47. The molecule has 1 N–H and O–H groups in total. The average molecular weight is 368 g/mol. The fraction of sp³-hybridized carbons (Fsp3) is 0.611. The molecule has 1 aliphatic carbocycles. The van der Waals surface area contributed by atoms with E-state index in [1.54, 1.807) is 6.07 Å². The summed E-state index contributed by atoms with van der Waals surface area (Å²) in [6.07, 6.45) is 3.93. The van der Waals surface area contributed by atoms with Crippen LogP contribution in [0.2, 0.25) is 0 Å². The molecule has 0 spiro atoms. The minimum absolute atomic E-state index is 0.0637. The molecule has 5 nitrogen and oxygen atoms in total. The summed E-state index contributed by atoms with van der Waals surface area (Å²) in [6, 6.07) is 4.03. The molecule has 0 radical (unpaired) electrons. The number of nitrogens with zero attached hydrogens (tertiary/aromatic N) is 1. The Balaban J connectivity index is 1.76. The van der Waals surface area contributed by atoms with Crippen LogP contribution in [0.1, 0.15) is 56.2 Å². The second-order valence-electron chi connectivity index (χ2n) is 6.85. The van der Waals surface area contributed by atoms with E-state index in [2.05, 4.69) is 5.32 Å². The van der Waals surface area contributed by atoms with Crippen LogP contribution in [0.25, 0.3) is 0 Å². The number of fused-ring (bicyclic) bond motifs is 1. The molecule has 1 aromatic carbocycles. The molecule has 2 aliphatic rings. The van der Waals surface area contributed by atoms with E-state index in [0.717, 1.165) is 18.4 Å². The van der Waals surface area contributed by atoms with Gasteiger partial charge in [-0.3, -0.25) is 4.79 Å². The van der Waals surface area contributed by atoms with Crippen LogP contribution in [0.3, 0.4) is 0 Å². The smallest absolute Gasteiger partial charge is 0.238 e. The molecule has 0 aromatic heterocycles. The Morgan fingerprint density at radius 2 is 2.12 bits per heavy atom. The zero-order chi connectivity index (χ0) is 18.0. The summed E-state index contributed by atoms with van der Waals surface area (Å²) < 4.78 is 40.2. The van der Waals surface area contributed by atoms with Crippen molar-refractivity contribution in [2.45, 2.75) is 57.5 Å². The number of halogens is 1. The lowest BCUT2D eigenvalue weighted by Crippen LogP contribution is -2.52. The lowest BCUT2D eigenvalue weighted by molar-refractivity contribution is -0.126. The largest absolute Gasteiger partial charge is 0.348 e. The van der Waals surface area contributed by atoms with Gasteiger partial charge in [0.1, 0.15) is 11.9 Å². The van der Waals surface area contributed by atoms with Gasteiger partial charge in [-0.25, -0.2) is 12.8 Å². The molecule has 1 saturated heterocycles. The number of rotatable bonds is 5. The number of sulfonamides is 1. The van der Waals surface area contributed by atoms with Gasteiger partial charge in [0.05, 0.1) is 11.8 Å².